The van der Waals surface area contributed by atoms with E-state index >= 15 is 0 Å². The molecule has 2 aromatic heterocycles. The van der Waals surface area contributed by atoms with E-state index in [1.165, 1.54) is 23.4 Å². The predicted molar refractivity (Wildman–Crippen MR) is 91.2 cm³/mol. The number of benzene rings is 1. The number of nitrogens with zero attached hydrogens (tertiary/aromatic N) is 5. The average molecular weight is 354 g/mol. The normalized spacial score (nSPS) is 10.1. The minimum Gasteiger partial charge on any atom is -0.334 e. The van der Waals surface area contributed by atoms with Crippen molar-refractivity contribution in [1.82, 2.24) is 25.1 Å². The number of hydrogen-bond acceptors (Lipinski definition) is 5. The molecule has 25 heavy (non-hydrogen) atoms. The van der Waals surface area contributed by atoms with Gasteiger partial charge in [0.15, 0.2) is 5.82 Å². The van der Waals surface area contributed by atoms with Gasteiger partial charge in [0, 0.05) is 24.0 Å². The maximum Gasteiger partial charge on any atom is 0.319 e. The van der Waals surface area contributed by atoms with Gasteiger partial charge in [-0.15, -0.1) is 0 Å². The quantitative estimate of drug-likeness (QED) is 0.749. The summed E-state index contributed by atoms with van der Waals surface area (Å²) in [6.45, 7) is 0.249. The van der Waals surface area contributed by atoms with Gasteiger partial charge in [-0.05, 0) is 24.3 Å². The van der Waals surface area contributed by atoms with Crippen LogP contribution < -0.4 is 10.6 Å². The number of carbonyl (C=O) groups excluding carboxylic acids is 1. The van der Waals surface area contributed by atoms with Crippen molar-refractivity contribution >= 4 is 23.3 Å². The van der Waals surface area contributed by atoms with Crippen molar-refractivity contribution in [2.24, 2.45) is 0 Å². The van der Waals surface area contributed by atoms with Gasteiger partial charge in [0.1, 0.15) is 18.7 Å². The summed E-state index contributed by atoms with van der Waals surface area (Å²) in [6.07, 6.45) is 4.58. The number of nitrogens with one attached hydrogen (secondary N) is 2. The Labute approximate surface area is 148 Å². The molecule has 0 spiro atoms. The lowest BCUT2D eigenvalue weighted by Crippen LogP contribution is -2.28. The van der Waals surface area contributed by atoms with E-state index in [0.29, 0.717) is 17.1 Å². The molecule has 2 N–H and O–H groups in total. The fourth-order valence-corrected chi connectivity index (χ4v) is 2.35. The lowest BCUT2D eigenvalue weighted by atomic mass is 10.2. The van der Waals surface area contributed by atoms with Crippen molar-refractivity contribution < 1.29 is 4.79 Å². The molecule has 2 heterocycles. The molecule has 0 bridgehead atoms. The zero-order valence-corrected chi connectivity index (χ0v) is 13.6. The molecule has 0 unspecified atom stereocenters. The van der Waals surface area contributed by atoms with E-state index in [0.717, 1.165) is 5.56 Å². The van der Waals surface area contributed by atoms with E-state index in [1.807, 2.05) is 12.1 Å². The molecule has 0 atom stereocenters. The van der Waals surface area contributed by atoms with Crippen molar-refractivity contribution in [3.05, 3.63) is 65.3 Å². The summed E-state index contributed by atoms with van der Waals surface area (Å²) in [6, 6.07) is 9.83. The standard InChI is InChI=1S/C16H12ClN7O/c17-14-6-13(4-3-11(14)7-18)23-16(25)21-8-12-2-1-5-20-15(12)24-10-19-9-22-24/h1-6,9-10H,8H2,(H2,21,23,25). The van der Waals surface area contributed by atoms with Crippen molar-refractivity contribution in [3.63, 3.8) is 0 Å². The number of pyridine rings is 1. The number of urea groups is 1. The van der Waals surface area contributed by atoms with Crippen molar-refractivity contribution in [3.8, 4) is 11.9 Å². The Hall–Kier alpha value is -3.44. The third-order valence-electron chi connectivity index (χ3n) is 3.29. The number of carbonyl (C=O) groups is 1. The summed E-state index contributed by atoms with van der Waals surface area (Å²) in [5.41, 5.74) is 1.62. The number of aromatic nitrogens is 4. The molecule has 3 aromatic rings. The van der Waals surface area contributed by atoms with Gasteiger partial charge in [0.2, 0.25) is 0 Å². The smallest absolute Gasteiger partial charge is 0.319 e. The highest BCUT2D eigenvalue weighted by atomic mass is 35.5. The number of amides is 2. The van der Waals surface area contributed by atoms with Crippen LogP contribution in [0.15, 0.2) is 49.2 Å². The first-order valence-corrected chi connectivity index (χ1v) is 7.58. The molecule has 0 aliphatic rings. The third kappa shape index (κ3) is 3.91. The molecule has 1 aromatic carbocycles. The van der Waals surface area contributed by atoms with Gasteiger partial charge in [0.25, 0.3) is 0 Å². The maximum atomic E-state index is 12.1. The Morgan fingerprint density at radius 1 is 1.36 bits per heavy atom. The monoisotopic (exact) mass is 353 g/mol. The molecule has 0 saturated heterocycles. The number of anilines is 1. The molecular weight excluding hydrogens is 342 g/mol. The Balaban J connectivity index is 1.66. The van der Waals surface area contributed by atoms with Crippen LogP contribution >= 0.6 is 11.6 Å². The van der Waals surface area contributed by atoms with Gasteiger partial charge >= 0.3 is 6.03 Å². The largest absolute Gasteiger partial charge is 0.334 e. The second-order valence-electron chi connectivity index (χ2n) is 4.94. The van der Waals surface area contributed by atoms with Crippen molar-refractivity contribution in [2.45, 2.75) is 6.54 Å². The molecule has 0 aliphatic heterocycles. The van der Waals surface area contributed by atoms with Crippen LogP contribution in [0.4, 0.5) is 10.5 Å². The zero-order chi connectivity index (χ0) is 17.6. The van der Waals surface area contributed by atoms with Crippen LogP contribution in [0.1, 0.15) is 11.1 Å². The van der Waals surface area contributed by atoms with Crippen LogP contribution in [0.25, 0.3) is 5.82 Å². The van der Waals surface area contributed by atoms with E-state index < -0.39 is 6.03 Å². The molecule has 8 nitrogen and oxygen atoms in total. The number of hydrogen-bond donors (Lipinski definition) is 2. The summed E-state index contributed by atoms with van der Waals surface area (Å²) in [7, 11) is 0. The molecular formula is C16H12ClN7O. The molecule has 9 heteroatoms. The van der Waals surface area contributed by atoms with E-state index in [1.54, 1.807) is 24.4 Å². The Kier molecular flexibility index (Phi) is 4.87. The van der Waals surface area contributed by atoms with Crippen LogP contribution in [-0.4, -0.2) is 25.8 Å². The van der Waals surface area contributed by atoms with Crippen LogP contribution in [0.5, 0.6) is 0 Å². The average Bonchev–Trinajstić information content (AvgIpc) is 3.15. The van der Waals surface area contributed by atoms with Gasteiger partial charge in [-0.2, -0.15) is 10.4 Å². The topological polar surface area (TPSA) is 109 Å². The second kappa shape index (κ2) is 7.42. The minimum atomic E-state index is -0.408. The number of nitriles is 1. The van der Waals surface area contributed by atoms with Gasteiger partial charge in [0.05, 0.1) is 10.6 Å². The Morgan fingerprint density at radius 3 is 2.96 bits per heavy atom. The lowest BCUT2D eigenvalue weighted by Gasteiger charge is -2.10. The van der Waals surface area contributed by atoms with Crippen molar-refractivity contribution in [1.29, 1.82) is 5.26 Å². The zero-order valence-electron chi connectivity index (χ0n) is 12.8. The summed E-state index contributed by atoms with van der Waals surface area (Å²) >= 11 is 5.95. The number of rotatable bonds is 4. The first kappa shape index (κ1) is 16.4. The summed E-state index contributed by atoms with van der Waals surface area (Å²) < 4.78 is 1.52. The number of halogens is 1. The predicted octanol–water partition coefficient (Wildman–Crippen LogP) is 2.51. The highest BCUT2D eigenvalue weighted by Crippen LogP contribution is 2.20. The second-order valence-corrected chi connectivity index (χ2v) is 5.35. The third-order valence-corrected chi connectivity index (χ3v) is 3.60. The first-order chi connectivity index (χ1) is 12.2. The van der Waals surface area contributed by atoms with Gasteiger partial charge in [-0.1, -0.05) is 17.7 Å². The van der Waals surface area contributed by atoms with E-state index in [-0.39, 0.29) is 11.6 Å². The molecule has 3 rings (SSSR count). The fraction of sp³-hybridized carbons (Fsp3) is 0.0625. The molecule has 0 radical (unpaired) electrons. The van der Waals surface area contributed by atoms with Crippen LogP contribution in [0, 0.1) is 11.3 Å². The molecule has 0 aliphatic carbocycles. The SMILES string of the molecule is N#Cc1ccc(NC(=O)NCc2cccnc2-n2cncn2)cc1Cl. The van der Waals surface area contributed by atoms with Crippen molar-refractivity contribution in [2.75, 3.05) is 5.32 Å². The van der Waals surface area contributed by atoms with Gasteiger partial charge in [-0.25, -0.2) is 19.4 Å². The summed E-state index contributed by atoms with van der Waals surface area (Å²) in [5.74, 6) is 0.585. The molecule has 0 saturated carbocycles. The highest BCUT2D eigenvalue weighted by Gasteiger charge is 2.09. The van der Waals surface area contributed by atoms with Crippen LogP contribution in [-0.2, 0) is 6.54 Å². The molecule has 2 amide bonds. The Morgan fingerprint density at radius 2 is 2.24 bits per heavy atom. The lowest BCUT2D eigenvalue weighted by molar-refractivity contribution is 0.251. The molecule has 0 fully saturated rings. The summed E-state index contributed by atoms with van der Waals surface area (Å²) in [5, 5.41) is 18.6. The highest BCUT2D eigenvalue weighted by molar-refractivity contribution is 6.32. The van der Waals surface area contributed by atoms with E-state index in [4.69, 9.17) is 16.9 Å². The van der Waals surface area contributed by atoms with Gasteiger partial charge in [-0.3, -0.25) is 0 Å². The van der Waals surface area contributed by atoms with Gasteiger partial charge < -0.3 is 10.6 Å². The minimum absolute atomic E-state index is 0.249. The first-order valence-electron chi connectivity index (χ1n) is 7.21. The van der Waals surface area contributed by atoms with E-state index in [9.17, 15) is 4.79 Å². The Bertz CT molecular complexity index is 934. The maximum absolute atomic E-state index is 12.1. The van der Waals surface area contributed by atoms with E-state index in [2.05, 4.69) is 25.7 Å². The van der Waals surface area contributed by atoms with Crippen LogP contribution in [0.2, 0.25) is 5.02 Å². The van der Waals surface area contributed by atoms with Crippen LogP contribution in [0.3, 0.4) is 0 Å². The molecule has 124 valence electrons. The summed E-state index contributed by atoms with van der Waals surface area (Å²) in [4.78, 5) is 20.2. The fourth-order valence-electron chi connectivity index (χ4n) is 2.13.